The Kier molecular flexibility index (Phi) is 5.53. The molecule has 0 aliphatic carbocycles. The molecule has 0 aromatic rings. The van der Waals surface area contributed by atoms with Crippen LogP contribution < -0.4 is 0 Å². The molecule has 0 rings (SSSR count). The molecule has 0 unspecified atom stereocenters. The molecule has 0 amide bonds. The van der Waals surface area contributed by atoms with Gasteiger partial charge >= 0.3 is 0 Å². The van der Waals surface area contributed by atoms with E-state index in [9.17, 15) is 4.79 Å². The van der Waals surface area contributed by atoms with E-state index in [0.29, 0.717) is 0 Å². The van der Waals surface area contributed by atoms with Gasteiger partial charge in [0.15, 0.2) is 0 Å². The van der Waals surface area contributed by atoms with Gasteiger partial charge in [0.1, 0.15) is 6.29 Å². The van der Waals surface area contributed by atoms with Gasteiger partial charge in [-0.3, -0.25) is 0 Å². The van der Waals surface area contributed by atoms with Gasteiger partial charge in [0.05, 0.1) is 6.10 Å². The molecule has 10 heavy (non-hydrogen) atoms. The summed E-state index contributed by atoms with van der Waals surface area (Å²) < 4.78 is 4.92. The van der Waals surface area contributed by atoms with E-state index in [1.165, 1.54) is 0 Å². The van der Waals surface area contributed by atoms with Crippen LogP contribution in [0.5, 0.6) is 0 Å². The highest BCUT2D eigenvalue weighted by atomic mass is 28.2. The monoisotopic (exact) mass is 157 g/mol. The molecule has 0 aromatic heterocycles. The molecule has 3 radical (unpaired) electrons. The fourth-order valence-corrected chi connectivity index (χ4v) is 1.13. The Labute approximate surface area is 65.5 Å². The van der Waals surface area contributed by atoms with Crippen molar-refractivity contribution in [1.82, 2.24) is 0 Å². The number of rotatable bonds is 5. The largest absolute Gasteiger partial charge is 0.415 e. The zero-order valence-electron chi connectivity index (χ0n) is 6.46. The van der Waals surface area contributed by atoms with Crippen molar-refractivity contribution in [2.45, 2.75) is 32.8 Å². The Morgan fingerprint density at radius 3 is 2.60 bits per heavy atom. The minimum absolute atomic E-state index is 0.0163. The molecule has 0 saturated carbocycles. The SMILES string of the molecule is CCC[C@@H](O[Si])[C@@H](C)C=O. The molecule has 0 N–H and O–H groups in total. The fourth-order valence-electron chi connectivity index (χ4n) is 0.801. The van der Waals surface area contributed by atoms with Crippen molar-refractivity contribution in [3.63, 3.8) is 0 Å². The van der Waals surface area contributed by atoms with Crippen LogP contribution in [-0.2, 0) is 9.22 Å². The van der Waals surface area contributed by atoms with Gasteiger partial charge in [-0.05, 0) is 6.42 Å². The van der Waals surface area contributed by atoms with E-state index in [-0.39, 0.29) is 12.0 Å². The zero-order valence-corrected chi connectivity index (χ0v) is 7.46. The van der Waals surface area contributed by atoms with E-state index in [4.69, 9.17) is 4.43 Å². The molecule has 0 aromatic carbocycles. The normalized spacial score (nSPS) is 16.3. The fraction of sp³-hybridized carbons (Fsp3) is 0.857. The van der Waals surface area contributed by atoms with Gasteiger partial charge in [-0.15, -0.1) is 0 Å². The summed E-state index contributed by atoms with van der Waals surface area (Å²) in [5.74, 6) is -0.0163. The van der Waals surface area contributed by atoms with Crippen LogP contribution in [-0.4, -0.2) is 22.9 Å². The molecule has 0 spiro atoms. The molecular weight excluding hydrogens is 144 g/mol. The first kappa shape index (κ1) is 9.85. The van der Waals surface area contributed by atoms with E-state index in [0.717, 1.165) is 19.1 Å². The minimum atomic E-state index is -0.0163. The quantitative estimate of drug-likeness (QED) is 0.441. The number of aldehydes is 1. The third-order valence-electron chi connectivity index (χ3n) is 1.53. The van der Waals surface area contributed by atoms with Crippen LogP contribution >= 0.6 is 0 Å². The third kappa shape index (κ3) is 3.13. The predicted octanol–water partition coefficient (Wildman–Crippen LogP) is 1.09. The lowest BCUT2D eigenvalue weighted by Gasteiger charge is -2.16. The lowest BCUT2D eigenvalue weighted by atomic mass is 10.0. The van der Waals surface area contributed by atoms with E-state index in [2.05, 4.69) is 17.4 Å². The molecule has 2 atom stereocenters. The molecule has 0 fully saturated rings. The first-order chi connectivity index (χ1) is 4.76. The maximum absolute atomic E-state index is 10.3. The second-order valence-electron chi connectivity index (χ2n) is 2.44. The second kappa shape index (κ2) is 5.62. The summed E-state index contributed by atoms with van der Waals surface area (Å²) in [6, 6.07) is 0. The van der Waals surface area contributed by atoms with Crippen molar-refractivity contribution in [1.29, 1.82) is 0 Å². The summed E-state index contributed by atoms with van der Waals surface area (Å²) in [6.07, 6.45) is 2.90. The summed E-state index contributed by atoms with van der Waals surface area (Å²) in [5, 5.41) is 0. The Morgan fingerprint density at radius 1 is 1.70 bits per heavy atom. The topological polar surface area (TPSA) is 26.3 Å². The van der Waals surface area contributed by atoms with Gasteiger partial charge in [0.25, 0.3) is 0 Å². The summed E-state index contributed by atoms with van der Waals surface area (Å²) >= 11 is 0. The molecule has 0 bridgehead atoms. The zero-order chi connectivity index (χ0) is 7.98. The molecule has 0 heterocycles. The second-order valence-corrected chi connectivity index (χ2v) is 2.68. The molecule has 3 heteroatoms. The molecular formula is C7H13O2Si. The van der Waals surface area contributed by atoms with Crippen molar-refractivity contribution in [2.75, 3.05) is 0 Å². The van der Waals surface area contributed by atoms with E-state index < -0.39 is 0 Å². The molecule has 2 nitrogen and oxygen atoms in total. The lowest BCUT2D eigenvalue weighted by molar-refractivity contribution is -0.113. The maximum Gasteiger partial charge on any atom is 0.246 e. The summed E-state index contributed by atoms with van der Waals surface area (Å²) in [5.41, 5.74) is 0. The van der Waals surface area contributed by atoms with E-state index >= 15 is 0 Å². The van der Waals surface area contributed by atoms with Crippen molar-refractivity contribution < 1.29 is 9.22 Å². The van der Waals surface area contributed by atoms with Crippen LogP contribution in [0.2, 0.25) is 0 Å². The minimum Gasteiger partial charge on any atom is -0.415 e. The van der Waals surface area contributed by atoms with Crippen molar-refractivity contribution >= 4 is 16.8 Å². The number of hydrogen-bond donors (Lipinski definition) is 0. The third-order valence-corrected chi connectivity index (χ3v) is 1.83. The average Bonchev–Trinajstić information content (AvgIpc) is 1.99. The highest BCUT2D eigenvalue weighted by molar-refractivity contribution is 5.98. The van der Waals surface area contributed by atoms with Crippen molar-refractivity contribution in [3.8, 4) is 0 Å². The maximum atomic E-state index is 10.3. The van der Waals surface area contributed by atoms with Crippen LogP contribution in [0.25, 0.3) is 0 Å². The Bertz CT molecular complexity index is 95.6. The van der Waals surface area contributed by atoms with Crippen LogP contribution in [0, 0.1) is 5.92 Å². The van der Waals surface area contributed by atoms with E-state index in [1.807, 2.05) is 6.92 Å². The van der Waals surface area contributed by atoms with Gasteiger partial charge in [-0.2, -0.15) is 0 Å². The number of carbonyl (C=O) groups is 1. The van der Waals surface area contributed by atoms with Crippen LogP contribution in [0.4, 0.5) is 0 Å². The predicted molar refractivity (Wildman–Crippen MR) is 40.8 cm³/mol. The number of hydrogen-bond acceptors (Lipinski definition) is 2. The molecule has 0 aliphatic heterocycles. The standard InChI is InChI=1S/C7H13O2Si/c1-3-4-7(9-10)6(2)5-8/h5-7H,3-4H2,1-2H3/t6-,7+/m0/s1. The summed E-state index contributed by atoms with van der Waals surface area (Å²) in [6.45, 7) is 3.92. The van der Waals surface area contributed by atoms with Crippen molar-refractivity contribution in [2.24, 2.45) is 5.92 Å². The van der Waals surface area contributed by atoms with Crippen LogP contribution in [0.15, 0.2) is 0 Å². The highest BCUT2D eigenvalue weighted by Gasteiger charge is 2.13. The van der Waals surface area contributed by atoms with Crippen LogP contribution in [0.3, 0.4) is 0 Å². The Balaban J connectivity index is 3.67. The first-order valence-corrected chi connectivity index (χ1v) is 3.94. The first-order valence-electron chi connectivity index (χ1n) is 3.53. The summed E-state index contributed by atoms with van der Waals surface area (Å²) in [7, 11) is 2.95. The lowest BCUT2D eigenvalue weighted by Crippen LogP contribution is -2.21. The number of carbonyl (C=O) groups excluding carboxylic acids is 1. The molecule has 57 valence electrons. The van der Waals surface area contributed by atoms with Gasteiger partial charge in [-0.1, -0.05) is 20.3 Å². The smallest absolute Gasteiger partial charge is 0.246 e. The highest BCUT2D eigenvalue weighted by Crippen LogP contribution is 2.09. The summed E-state index contributed by atoms with van der Waals surface area (Å²) in [4.78, 5) is 10.3. The van der Waals surface area contributed by atoms with Crippen molar-refractivity contribution in [3.05, 3.63) is 0 Å². The molecule has 0 saturated heterocycles. The van der Waals surface area contributed by atoms with Gasteiger partial charge in [0, 0.05) is 5.92 Å². The van der Waals surface area contributed by atoms with Gasteiger partial charge in [-0.25, -0.2) is 0 Å². The van der Waals surface area contributed by atoms with Crippen LogP contribution in [0.1, 0.15) is 26.7 Å². The van der Waals surface area contributed by atoms with Gasteiger partial charge < -0.3 is 9.22 Å². The molecule has 0 aliphatic rings. The van der Waals surface area contributed by atoms with Gasteiger partial charge in [0.2, 0.25) is 10.5 Å². The Hall–Kier alpha value is -0.153. The average molecular weight is 157 g/mol. The van der Waals surface area contributed by atoms with E-state index in [1.54, 1.807) is 0 Å². The Morgan fingerprint density at radius 2 is 2.30 bits per heavy atom.